The van der Waals surface area contributed by atoms with Crippen LogP contribution in [0.2, 0.25) is 0 Å². The van der Waals surface area contributed by atoms with Crippen molar-refractivity contribution in [3.05, 3.63) is 36.1 Å². The summed E-state index contributed by atoms with van der Waals surface area (Å²) in [4.78, 5) is 11.3. The average Bonchev–Trinajstić information content (AvgIpc) is 2.64. The van der Waals surface area contributed by atoms with Crippen molar-refractivity contribution in [1.82, 2.24) is 0 Å². The van der Waals surface area contributed by atoms with E-state index in [1.807, 2.05) is 0 Å². The van der Waals surface area contributed by atoms with Crippen molar-refractivity contribution in [2.45, 2.75) is 0 Å². The number of ketones is 1. The van der Waals surface area contributed by atoms with E-state index >= 15 is 0 Å². The Bertz CT molecular complexity index is 395. The van der Waals surface area contributed by atoms with Gasteiger partial charge in [0, 0.05) is 11.6 Å². The van der Waals surface area contributed by atoms with Crippen LogP contribution in [-0.4, -0.2) is 17.7 Å². The number of rotatable bonds is 2. The molecular formula is C10H8O4. The number of allylic oxidation sites excluding steroid dienone is 1. The van der Waals surface area contributed by atoms with Gasteiger partial charge in [-0.25, -0.2) is 0 Å². The number of hydrogen-bond donors (Lipinski definition) is 1. The first kappa shape index (κ1) is 8.62. The van der Waals surface area contributed by atoms with Crippen LogP contribution in [0, 0.1) is 0 Å². The van der Waals surface area contributed by atoms with Gasteiger partial charge in [-0.2, -0.15) is 0 Å². The van der Waals surface area contributed by atoms with Gasteiger partial charge in [-0.1, -0.05) is 0 Å². The normalized spacial score (nSPS) is 13.4. The smallest absolute Gasteiger partial charge is 0.231 e. The molecule has 0 saturated heterocycles. The Labute approximate surface area is 80.4 Å². The Kier molecular flexibility index (Phi) is 2.10. The van der Waals surface area contributed by atoms with Gasteiger partial charge in [0.15, 0.2) is 17.3 Å². The maximum Gasteiger partial charge on any atom is 0.231 e. The quantitative estimate of drug-likeness (QED) is 0.440. The molecule has 1 N–H and O–H groups in total. The minimum Gasteiger partial charge on any atom is -0.515 e. The van der Waals surface area contributed by atoms with Crippen molar-refractivity contribution >= 4 is 5.78 Å². The molecule has 0 aromatic heterocycles. The summed E-state index contributed by atoms with van der Waals surface area (Å²) >= 11 is 0. The van der Waals surface area contributed by atoms with Gasteiger partial charge in [-0.3, -0.25) is 4.79 Å². The summed E-state index contributed by atoms with van der Waals surface area (Å²) in [5.41, 5.74) is 0.458. The summed E-state index contributed by atoms with van der Waals surface area (Å²) in [5.74, 6) is 0.919. The maximum atomic E-state index is 11.3. The minimum atomic E-state index is -0.272. The topological polar surface area (TPSA) is 55.8 Å². The lowest BCUT2D eigenvalue weighted by Crippen LogP contribution is -1.94. The molecule has 0 fully saturated rings. The molecule has 0 radical (unpaired) electrons. The van der Waals surface area contributed by atoms with E-state index in [4.69, 9.17) is 14.6 Å². The molecule has 4 heteroatoms. The minimum absolute atomic E-state index is 0.183. The number of fused-ring (bicyclic) bond motifs is 1. The number of carbonyl (C=O) groups excluding carboxylic acids is 1. The fourth-order valence-electron chi connectivity index (χ4n) is 1.21. The molecule has 1 aromatic rings. The number of carbonyl (C=O) groups is 1. The van der Waals surface area contributed by atoms with Crippen LogP contribution in [0.15, 0.2) is 30.5 Å². The molecule has 0 amide bonds. The third-order valence-electron chi connectivity index (χ3n) is 1.88. The molecule has 0 atom stereocenters. The first-order valence-corrected chi connectivity index (χ1v) is 4.06. The molecule has 72 valence electrons. The Morgan fingerprint density at radius 1 is 1.36 bits per heavy atom. The summed E-state index contributed by atoms with van der Waals surface area (Å²) in [6, 6.07) is 4.88. The predicted octanol–water partition coefficient (Wildman–Crippen LogP) is 1.67. The van der Waals surface area contributed by atoms with Crippen molar-refractivity contribution < 1.29 is 19.4 Å². The second-order valence-corrected chi connectivity index (χ2v) is 2.75. The van der Waals surface area contributed by atoms with Gasteiger partial charge in [0.2, 0.25) is 6.79 Å². The van der Waals surface area contributed by atoms with Gasteiger partial charge in [-0.15, -0.1) is 0 Å². The van der Waals surface area contributed by atoms with Crippen molar-refractivity contribution in [3.63, 3.8) is 0 Å². The van der Waals surface area contributed by atoms with Crippen molar-refractivity contribution in [2.75, 3.05) is 6.79 Å². The molecule has 0 aliphatic carbocycles. The standard InChI is InChI=1S/C10H8O4/c11-4-3-8(12)7-1-2-9-10(5-7)14-6-13-9/h1-5,11H,6H2. The summed E-state index contributed by atoms with van der Waals surface area (Å²) < 4.78 is 10.2. The van der Waals surface area contributed by atoms with Crippen molar-refractivity contribution in [3.8, 4) is 11.5 Å². The highest BCUT2D eigenvalue weighted by Crippen LogP contribution is 2.32. The maximum absolute atomic E-state index is 11.3. The van der Waals surface area contributed by atoms with Gasteiger partial charge in [0.05, 0.1) is 6.26 Å². The van der Waals surface area contributed by atoms with E-state index in [2.05, 4.69) is 0 Å². The Morgan fingerprint density at radius 3 is 2.93 bits per heavy atom. The Hall–Kier alpha value is -1.97. The highest BCUT2D eigenvalue weighted by molar-refractivity contribution is 6.04. The second kappa shape index (κ2) is 3.41. The highest BCUT2D eigenvalue weighted by Gasteiger charge is 2.14. The number of ether oxygens (including phenoxy) is 2. The molecule has 2 rings (SSSR count). The van der Waals surface area contributed by atoms with Crippen LogP contribution in [-0.2, 0) is 0 Å². The van der Waals surface area contributed by atoms with Crippen LogP contribution in [0.5, 0.6) is 11.5 Å². The lowest BCUT2D eigenvalue weighted by molar-refractivity contribution is 0.104. The molecule has 1 heterocycles. The van der Waals surface area contributed by atoms with Crippen LogP contribution in [0.1, 0.15) is 10.4 Å². The molecule has 1 aliphatic rings. The summed E-state index contributed by atoms with van der Waals surface area (Å²) in [6.45, 7) is 0.183. The largest absolute Gasteiger partial charge is 0.515 e. The van der Waals surface area contributed by atoms with Crippen LogP contribution < -0.4 is 9.47 Å². The fourth-order valence-corrected chi connectivity index (χ4v) is 1.21. The monoisotopic (exact) mass is 192 g/mol. The zero-order chi connectivity index (χ0) is 9.97. The highest BCUT2D eigenvalue weighted by atomic mass is 16.7. The van der Waals surface area contributed by atoms with Crippen molar-refractivity contribution in [2.24, 2.45) is 0 Å². The molecule has 0 spiro atoms. The SMILES string of the molecule is O=C(C=CO)c1ccc2c(c1)OCO2. The van der Waals surface area contributed by atoms with Gasteiger partial charge in [-0.05, 0) is 18.2 Å². The van der Waals surface area contributed by atoms with Crippen LogP contribution in [0.4, 0.5) is 0 Å². The lowest BCUT2D eigenvalue weighted by atomic mass is 10.1. The summed E-state index contributed by atoms with van der Waals surface area (Å²) in [6.07, 6.45) is 1.80. The van der Waals surface area contributed by atoms with E-state index < -0.39 is 0 Å². The molecule has 0 saturated carbocycles. The van der Waals surface area contributed by atoms with E-state index in [-0.39, 0.29) is 12.6 Å². The van der Waals surface area contributed by atoms with Gasteiger partial charge < -0.3 is 14.6 Å². The average molecular weight is 192 g/mol. The van der Waals surface area contributed by atoms with E-state index in [0.717, 1.165) is 6.08 Å². The number of aliphatic hydroxyl groups is 1. The van der Waals surface area contributed by atoms with E-state index in [1.54, 1.807) is 18.2 Å². The molecule has 0 bridgehead atoms. The first-order chi connectivity index (χ1) is 6.81. The Morgan fingerprint density at radius 2 is 2.14 bits per heavy atom. The van der Waals surface area contributed by atoms with Gasteiger partial charge in [0.1, 0.15) is 0 Å². The third-order valence-corrected chi connectivity index (χ3v) is 1.88. The third kappa shape index (κ3) is 1.42. The number of hydrogen-bond acceptors (Lipinski definition) is 4. The number of benzene rings is 1. The molecule has 1 aliphatic heterocycles. The van der Waals surface area contributed by atoms with Crippen molar-refractivity contribution in [1.29, 1.82) is 0 Å². The summed E-state index contributed by atoms with van der Waals surface area (Å²) in [5, 5.41) is 8.43. The fraction of sp³-hybridized carbons (Fsp3) is 0.100. The predicted molar refractivity (Wildman–Crippen MR) is 48.7 cm³/mol. The van der Waals surface area contributed by atoms with Crippen LogP contribution in [0.3, 0.4) is 0 Å². The molecule has 1 aromatic carbocycles. The molecule has 14 heavy (non-hydrogen) atoms. The Balaban J connectivity index is 2.33. The number of aliphatic hydroxyl groups excluding tert-OH is 1. The van der Waals surface area contributed by atoms with Gasteiger partial charge >= 0.3 is 0 Å². The zero-order valence-corrected chi connectivity index (χ0v) is 7.27. The first-order valence-electron chi connectivity index (χ1n) is 4.06. The van der Waals surface area contributed by atoms with Gasteiger partial charge in [0.25, 0.3) is 0 Å². The van der Waals surface area contributed by atoms with Crippen LogP contribution in [0.25, 0.3) is 0 Å². The second-order valence-electron chi connectivity index (χ2n) is 2.75. The lowest BCUT2D eigenvalue weighted by Gasteiger charge is -1.98. The zero-order valence-electron chi connectivity index (χ0n) is 7.27. The van der Waals surface area contributed by atoms with Crippen LogP contribution >= 0.6 is 0 Å². The summed E-state index contributed by atoms with van der Waals surface area (Å²) in [7, 11) is 0. The van der Waals surface area contributed by atoms with E-state index in [9.17, 15) is 4.79 Å². The van der Waals surface area contributed by atoms with E-state index in [0.29, 0.717) is 23.3 Å². The molecular weight excluding hydrogens is 184 g/mol. The molecule has 0 unspecified atom stereocenters. The van der Waals surface area contributed by atoms with E-state index in [1.165, 1.54) is 0 Å². The molecule has 4 nitrogen and oxygen atoms in total.